The predicted molar refractivity (Wildman–Crippen MR) is 159 cm³/mol. The van der Waals surface area contributed by atoms with Gasteiger partial charge in [0.15, 0.2) is 5.78 Å². The summed E-state index contributed by atoms with van der Waals surface area (Å²) in [5, 5.41) is 0.836. The van der Waals surface area contributed by atoms with Crippen LogP contribution in [0.5, 0.6) is 5.75 Å². The normalized spacial score (nSPS) is 18.3. The van der Waals surface area contributed by atoms with Gasteiger partial charge in [0.2, 0.25) is 5.91 Å². The summed E-state index contributed by atoms with van der Waals surface area (Å²) in [6, 6.07) is 9.44. The lowest BCUT2D eigenvalue weighted by Gasteiger charge is -2.40. The predicted octanol–water partition coefficient (Wildman–Crippen LogP) is 6.69. The standard InChI is InChI=1S/C33H40F3N3O4/c1-20-19-28(43-4)25(30(41)37-20)11-12-27(40)29-22(3)39(26-10-6-5-9-24(26)29)21(2)23-13-17-38(18-14-23)31(42)32(33(34,35)36)15-7-8-16-32/h5-6,9-10,19,21,23H,7-8,11-18H2,1-4H3,(H,37,41)/t21-/m1/s1. The number of amides is 1. The van der Waals surface area contributed by atoms with E-state index in [1.54, 1.807) is 13.0 Å². The highest BCUT2D eigenvalue weighted by Gasteiger charge is 2.62. The fourth-order valence-electron chi connectivity index (χ4n) is 7.43. The minimum Gasteiger partial charge on any atom is -0.496 e. The van der Waals surface area contributed by atoms with E-state index in [0.717, 1.165) is 16.6 Å². The number of piperidine rings is 1. The maximum atomic E-state index is 14.0. The van der Waals surface area contributed by atoms with Crippen molar-refractivity contribution >= 4 is 22.6 Å². The van der Waals surface area contributed by atoms with E-state index in [0.29, 0.717) is 61.3 Å². The van der Waals surface area contributed by atoms with Gasteiger partial charge in [-0.1, -0.05) is 31.0 Å². The van der Waals surface area contributed by atoms with E-state index in [1.165, 1.54) is 12.0 Å². The minimum atomic E-state index is -4.53. The number of fused-ring (bicyclic) bond motifs is 1. The summed E-state index contributed by atoms with van der Waals surface area (Å²) >= 11 is 0. The average molecular weight is 600 g/mol. The number of H-pyrrole nitrogens is 1. The molecule has 1 saturated carbocycles. The topological polar surface area (TPSA) is 84.4 Å². The van der Waals surface area contributed by atoms with Gasteiger partial charge in [-0.3, -0.25) is 14.4 Å². The Morgan fingerprint density at radius 3 is 2.40 bits per heavy atom. The van der Waals surface area contributed by atoms with Gasteiger partial charge in [0.25, 0.3) is 5.56 Å². The Balaban J connectivity index is 1.35. The number of aryl methyl sites for hydroxylation is 1. The Labute approximate surface area is 249 Å². The van der Waals surface area contributed by atoms with Crippen LogP contribution in [0.3, 0.4) is 0 Å². The van der Waals surface area contributed by atoms with E-state index in [2.05, 4.69) is 16.5 Å². The van der Waals surface area contributed by atoms with Crippen LogP contribution >= 0.6 is 0 Å². The molecule has 1 aliphatic heterocycles. The molecule has 43 heavy (non-hydrogen) atoms. The molecular formula is C33H40F3N3O4. The molecule has 1 aliphatic carbocycles. The molecule has 1 aromatic carbocycles. The number of para-hydroxylation sites is 1. The summed E-state index contributed by atoms with van der Waals surface area (Å²) in [6.45, 7) is 6.37. The summed E-state index contributed by atoms with van der Waals surface area (Å²) in [4.78, 5) is 43.7. The molecule has 1 saturated heterocycles. The number of rotatable bonds is 8. The van der Waals surface area contributed by atoms with Gasteiger partial charge in [-0.15, -0.1) is 0 Å². The van der Waals surface area contributed by atoms with Crippen LogP contribution in [0.1, 0.15) is 85.2 Å². The van der Waals surface area contributed by atoms with E-state index in [9.17, 15) is 27.6 Å². The first-order valence-corrected chi connectivity index (χ1v) is 15.1. The number of ether oxygens (including phenoxy) is 1. The van der Waals surface area contributed by atoms with Crippen LogP contribution < -0.4 is 10.3 Å². The molecule has 0 unspecified atom stereocenters. The number of aromatic amines is 1. The Kier molecular flexibility index (Phi) is 8.51. The van der Waals surface area contributed by atoms with Crippen molar-refractivity contribution in [3.05, 3.63) is 63.2 Å². The molecule has 2 fully saturated rings. The number of nitrogens with zero attached hydrogens (tertiary/aromatic N) is 2. The van der Waals surface area contributed by atoms with Crippen LogP contribution in [0, 0.1) is 25.2 Å². The molecule has 1 amide bonds. The third-order valence-electron chi connectivity index (χ3n) is 9.81. The number of likely N-dealkylation sites (tertiary alicyclic amines) is 1. The molecule has 3 aromatic rings. The van der Waals surface area contributed by atoms with Gasteiger partial charge in [0, 0.05) is 53.4 Å². The van der Waals surface area contributed by atoms with E-state index >= 15 is 0 Å². The van der Waals surface area contributed by atoms with Crippen LogP contribution in [0.2, 0.25) is 0 Å². The molecule has 0 spiro atoms. The second-order valence-electron chi connectivity index (χ2n) is 12.3. The molecule has 2 aliphatic rings. The molecule has 2 aromatic heterocycles. The molecule has 0 bridgehead atoms. The number of Topliss-reactive ketones (excluding diaryl/α,β-unsaturated/α-hetero) is 1. The third kappa shape index (κ3) is 5.49. The van der Waals surface area contributed by atoms with Crippen LogP contribution in [-0.2, 0) is 11.2 Å². The molecule has 5 rings (SSSR count). The van der Waals surface area contributed by atoms with Crippen molar-refractivity contribution in [2.75, 3.05) is 20.2 Å². The van der Waals surface area contributed by atoms with Crippen LogP contribution in [0.25, 0.3) is 10.9 Å². The second-order valence-corrected chi connectivity index (χ2v) is 12.3. The van der Waals surface area contributed by atoms with Crippen LogP contribution in [-0.4, -0.2) is 52.5 Å². The largest absolute Gasteiger partial charge is 0.496 e. The van der Waals surface area contributed by atoms with Crippen molar-refractivity contribution in [3.8, 4) is 5.75 Å². The number of nitrogens with one attached hydrogen (secondary N) is 1. The lowest BCUT2D eigenvalue weighted by atomic mass is 9.82. The van der Waals surface area contributed by atoms with E-state index in [4.69, 9.17) is 4.74 Å². The summed E-state index contributed by atoms with van der Waals surface area (Å²) in [7, 11) is 1.50. The van der Waals surface area contributed by atoms with Gasteiger partial charge >= 0.3 is 6.18 Å². The zero-order chi connectivity index (χ0) is 31.1. The molecule has 10 heteroatoms. The molecule has 3 heterocycles. The molecule has 7 nitrogen and oxygen atoms in total. The first-order valence-electron chi connectivity index (χ1n) is 15.1. The van der Waals surface area contributed by atoms with E-state index in [1.807, 2.05) is 31.2 Å². The number of pyridine rings is 1. The number of aromatic nitrogens is 2. The Bertz CT molecular complexity index is 1570. The molecule has 0 radical (unpaired) electrons. The van der Waals surface area contributed by atoms with E-state index < -0.39 is 17.5 Å². The van der Waals surface area contributed by atoms with Crippen molar-refractivity contribution in [1.29, 1.82) is 0 Å². The van der Waals surface area contributed by atoms with E-state index in [-0.39, 0.29) is 49.0 Å². The van der Waals surface area contributed by atoms with Crippen molar-refractivity contribution in [2.24, 2.45) is 11.3 Å². The van der Waals surface area contributed by atoms with Crippen molar-refractivity contribution in [1.82, 2.24) is 14.5 Å². The number of alkyl halides is 3. The molecule has 1 atom stereocenters. The third-order valence-corrected chi connectivity index (χ3v) is 9.81. The summed E-state index contributed by atoms with van der Waals surface area (Å²) in [6.07, 6.45) is -2.38. The fraction of sp³-hybridized carbons (Fsp3) is 0.545. The van der Waals surface area contributed by atoms with Gasteiger partial charge in [0.05, 0.1) is 12.7 Å². The van der Waals surface area contributed by atoms with Crippen molar-refractivity contribution < 1.29 is 27.5 Å². The smallest absolute Gasteiger partial charge is 0.403 e. The summed E-state index contributed by atoms with van der Waals surface area (Å²) in [5.74, 6) is -0.248. The monoisotopic (exact) mass is 599 g/mol. The number of carbonyl (C=O) groups excluding carboxylic acids is 2. The lowest BCUT2D eigenvalue weighted by Crippen LogP contribution is -2.53. The number of carbonyl (C=O) groups is 2. The number of ketones is 1. The molecule has 232 valence electrons. The number of hydrogen-bond donors (Lipinski definition) is 1. The zero-order valence-corrected chi connectivity index (χ0v) is 25.3. The van der Waals surface area contributed by atoms with Gasteiger partial charge in [-0.2, -0.15) is 13.2 Å². The summed E-state index contributed by atoms with van der Waals surface area (Å²) < 4.78 is 49.7. The SMILES string of the molecule is COc1cc(C)[nH]c(=O)c1CCC(=O)c1c(C)n([C@H](C)C2CCN(C(=O)C3(C(F)(F)F)CCCC3)CC2)c2ccccc12. The van der Waals surface area contributed by atoms with Gasteiger partial charge < -0.3 is 19.2 Å². The summed E-state index contributed by atoms with van der Waals surface area (Å²) in [5.41, 5.74) is 0.968. The van der Waals surface area contributed by atoms with Crippen LogP contribution in [0.15, 0.2) is 35.1 Å². The lowest BCUT2D eigenvalue weighted by molar-refractivity contribution is -0.226. The Hall–Kier alpha value is -3.56. The first-order chi connectivity index (χ1) is 20.4. The van der Waals surface area contributed by atoms with Crippen LogP contribution in [0.4, 0.5) is 13.2 Å². The second kappa shape index (κ2) is 11.8. The Morgan fingerprint density at radius 1 is 1.12 bits per heavy atom. The van der Waals surface area contributed by atoms with Gasteiger partial charge in [-0.25, -0.2) is 0 Å². The van der Waals surface area contributed by atoms with Crippen molar-refractivity contribution in [3.63, 3.8) is 0 Å². The highest BCUT2D eigenvalue weighted by molar-refractivity contribution is 6.09. The minimum absolute atomic E-state index is 0.0354. The Morgan fingerprint density at radius 2 is 1.77 bits per heavy atom. The van der Waals surface area contributed by atoms with Gasteiger partial charge in [-0.05, 0) is 70.9 Å². The highest BCUT2D eigenvalue weighted by atomic mass is 19.4. The quantitative estimate of drug-likeness (QED) is 0.293. The zero-order valence-electron chi connectivity index (χ0n) is 25.3. The van der Waals surface area contributed by atoms with Crippen molar-refractivity contribution in [2.45, 2.75) is 84.4 Å². The number of methoxy groups -OCH3 is 1. The fourth-order valence-corrected chi connectivity index (χ4v) is 7.43. The maximum Gasteiger partial charge on any atom is 0.403 e. The molecule has 1 N–H and O–H groups in total. The first kappa shape index (κ1) is 30.9. The highest BCUT2D eigenvalue weighted by Crippen LogP contribution is 2.52. The number of benzene rings is 1. The number of hydrogen-bond acceptors (Lipinski definition) is 4. The van der Waals surface area contributed by atoms with Gasteiger partial charge in [0.1, 0.15) is 11.2 Å². The maximum absolute atomic E-state index is 14.0. The average Bonchev–Trinajstić information content (AvgIpc) is 3.59. The molecular weight excluding hydrogens is 559 g/mol. The number of halogens is 3.